The number of halogens is 1. The maximum absolute atomic E-state index is 13.9. The number of fused-ring (bicyclic) bond motifs is 1. The van der Waals surface area contributed by atoms with Crippen LogP contribution in [-0.4, -0.2) is 59.3 Å². The van der Waals surface area contributed by atoms with Gasteiger partial charge in [0.15, 0.2) is 0 Å². The maximum atomic E-state index is 13.9. The number of piperidine rings is 1. The molecule has 1 amide bonds. The van der Waals surface area contributed by atoms with Crippen molar-refractivity contribution in [3.63, 3.8) is 0 Å². The van der Waals surface area contributed by atoms with Gasteiger partial charge in [-0.25, -0.2) is 9.37 Å². The molecule has 1 unspecified atom stereocenters. The first kappa shape index (κ1) is 23.2. The SMILES string of the molecule is Cc1ccsc1C(=O)N(Cc1cc2ccc(F)cc2nc1N1CCC(O)CC1)CC1CCCO1. The van der Waals surface area contributed by atoms with Crippen molar-refractivity contribution in [1.82, 2.24) is 9.88 Å². The number of aryl methyl sites for hydroxylation is 1. The number of aliphatic hydroxyl groups excluding tert-OH is 1. The second-order valence-corrected chi connectivity index (χ2v) is 10.2. The number of hydrogen-bond donors (Lipinski definition) is 1. The van der Waals surface area contributed by atoms with Gasteiger partial charge in [-0.05, 0) is 67.8 Å². The molecular weight excluding hydrogens is 453 g/mol. The van der Waals surface area contributed by atoms with Crippen molar-refractivity contribution in [2.24, 2.45) is 0 Å². The lowest BCUT2D eigenvalue weighted by Crippen LogP contribution is -2.39. The van der Waals surface area contributed by atoms with Crippen LogP contribution >= 0.6 is 11.3 Å². The van der Waals surface area contributed by atoms with E-state index in [-0.39, 0.29) is 23.9 Å². The van der Waals surface area contributed by atoms with E-state index in [1.165, 1.54) is 23.5 Å². The van der Waals surface area contributed by atoms with Gasteiger partial charge >= 0.3 is 0 Å². The third-order valence-corrected chi connectivity index (χ3v) is 7.76. The molecule has 8 heteroatoms. The molecule has 1 atom stereocenters. The highest BCUT2D eigenvalue weighted by Gasteiger charge is 2.28. The summed E-state index contributed by atoms with van der Waals surface area (Å²) in [6.07, 6.45) is 3.00. The third kappa shape index (κ3) is 4.94. The average molecular weight is 484 g/mol. The number of carbonyl (C=O) groups excluding carboxylic acids is 1. The van der Waals surface area contributed by atoms with E-state index < -0.39 is 0 Å². The van der Waals surface area contributed by atoms with Gasteiger partial charge in [0.05, 0.1) is 22.6 Å². The first-order valence-corrected chi connectivity index (χ1v) is 12.8. The molecule has 1 aromatic carbocycles. The van der Waals surface area contributed by atoms with Crippen molar-refractivity contribution in [2.45, 2.75) is 51.4 Å². The number of anilines is 1. The van der Waals surface area contributed by atoms with Crippen LogP contribution in [0.15, 0.2) is 35.7 Å². The Kier molecular flexibility index (Phi) is 6.81. The van der Waals surface area contributed by atoms with Gasteiger partial charge in [0, 0.05) is 49.8 Å². The third-order valence-electron chi connectivity index (χ3n) is 6.75. The lowest BCUT2D eigenvalue weighted by atomic mass is 10.1. The van der Waals surface area contributed by atoms with E-state index in [0.29, 0.717) is 44.5 Å². The summed E-state index contributed by atoms with van der Waals surface area (Å²) in [5.41, 5.74) is 2.50. The van der Waals surface area contributed by atoms with Gasteiger partial charge in [-0.3, -0.25) is 4.79 Å². The number of ether oxygens (including phenoxy) is 1. The van der Waals surface area contributed by atoms with Crippen LogP contribution < -0.4 is 4.90 Å². The zero-order chi connectivity index (χ0) is 23.7. The number of benzene rings is 1. The summed E-state index contributed by atoms with van der Waals surface area (Å²) in [6, 6.07) is 8.62. The van der Waals surface area contributed by atoms with E-state index in [9.17, 15) is 14.3 Å². The van der Waals surface area contributed by atoms with E-state index in [4.69, 9.17) is 9.72 Å². The Labute approximate surface area is 203 Å². The molecule has 5 rings (SSSR count). The smallest absolute Gasteiger partial charge is 0.264 e. The Morgan fingerprint density at radius 2 is 2.09 bits per heavy atom. The Morgan fingerprint density at radius 3 is 2.79 bits per heavy atom. The fraction of sp³-hybridized carbons (Fsp3) is 0.462. The lowest BCUT2D eigenvalue weighted by molar-refractivity contribution is 0.0510. The summed E-state index contributed by atoms with van der Waals surface area (Å²) < 4.78 is 19.8. The van der Waals surface area contributed by atoms with E-state index in [1.54, 1.807) is 6.07 Å². The summed E-state index contributed by atoms with van der Waals surface area (Å²) in [7, 11) is 0. The number of nitrogens with zero attached hydrogens (tertiary/aromatic N) is 3. The zero-order valence-electron chi connectivity index (χ0n) is 19.4. The number of carbonyl (C=O) groups is 1. The molecule has 0 radical (unpaired) electrons. The standard InChI is InChI=1S/C26H30FN3O3S/c1-17-8-12-34-24(17)26(32)30(16-22-3-2-11-33-22)15-19-13-18-4-5-20(27)14-23(18)28-25(19)29-9-6-21(31)7-10-29/h4-5,8,12-14,21-22,31H,2-3,6-7,9-11,15-16H2,1H3. The molecule has 0 bridgehead atoms. The highest BCUT2D eigenvalue weighted by atomic mass is 32.1. The number of aliphatic hydroxyl groups is 1. The van der Waals surface area contributed by atoms with Gasteiger partial charge in [0.1, 0.15) is 11.6 Å². The second kappa shape index (κ2) is 9.98. The number of rotatable bonds is 6. The predicted octanol–water partition coefficient (Wildman–Crippen LogP) is 4.53. The normalized spacial score (nSPS) is 19.1. The van der Waals surface area contributed by atoms with Crippen LogP contribution in [0.5, 0.6) is 0 Å². The van der Waals surface area contributed by atoms with E-state index in [0.717, 1.165) is 46.7 Å². The molecule has 0 saturated carbocycles. The number of hydrogen-bond acceptors (Lipinski definition) is 6. The van der Waals surface area contributed by atoms with Gasteiger partial charge in [-0.2, -0.15) is 0 Å². The average Bonchev–Trinajstić information content (AvgIpc) is 3.50. The molecular formula is C26H30FN3O3S. The van der Waals surface area contributed by atoms with Gasteiger partial charge in [0.2, 0.25) is 0 Å². The molecule has 2 fully saturated rings. The fourth-order valence-electron chi connectivity index (χ4n) is 4.84. The van der Waals surface area contributed by atoms with Crippen molar-refractivity contribution in [2.75, 3.05) is 31.1 Å². The van der Waals surface area contributed by atoms with E-state index in [2.05, 4.69) is 4.90 Å². The van der Waals surface area contributed by atoms with Crippen LogP contribution in [-0.2, 0) is 11.3 Å². The van der Waals surface area contributed by atoms with Crippen molar-refractivity contribution >= 4 is 34.0 Å². The Balaban J connectivity index is 1.52. The summed E-state index contributed by atoms with van der Waals surface area (Å²) in [5.74, 6) is 0.441. The molecule has 2 aromatic heterocycles. The second-order valence-electron chi connectivity index (χ2n) is 9.28. The molecule has 180 valence electrons. The minimum absolute atomic E-state index is 0.00206. The molecule has 1 N–H and O–H groups in total. The number of thiophene rings is 1. The molecule has 0 aliphatic carbocycles. The lowest BCUT2D eigenvalue weighted by Gasteiger charge is -2.33. The van der Waals surface area contributed by atoms with Crippen LogP contribution in [0.1, 0.15) is 46.5 Å². The van der Waals surface area contributed by atoms with Crippen LogP contribution in [0.4, 0.5) is 10.2 Å². The number of aromatic nitrogens is 1. The fourth-order valence-corrected chi connectivity index (χ4v) is 5.73. The highest BCUT2D eigenvalue weighted by Crippen LogP contribution is 2.30. The van der Waals surface area contributed by atoms with Crippen LogP contribution in [0.25, 0.3) is 10.9 Å². The van der Waals surface area contributed by atoms with Crippen molar-refractivity contribution < 1.29 is 19.0 Å². The topological polar surface area (TPSA) is 65.9 Å². The molecule has 34 heavy (non-hydrogen) atoms. The van der Waals surface area contributed by atoms with E-state index >= 15 is 0 Å². The Morgan fingerprint density at radius 1 is 1.26 bits per heavy atom. The van der Waals surface area contributed by atoms with Gasteiger partial charge < -0.3 is 19.6 Å². The number of amides is 1. The Hall–Kier alpha value is -2.55. The number of pyridine rings is 1. The van der Waals surface area contributed by atoms with Crippen LogP contribution in [0, 0.1) is 12.7 Å². The quantitative estimate of drug-likeness (QED) is 0.558. The van der Waals surface area contributed by atoms with Gasteiger partial charge in [-0.1, -0.05) is 0 Å². The molecule has 3 aromatic rings. The molecule has 2 aliphatic heterocycles. The molecule has 4 heterocycles. The van der Waals surface area contributed by atoms with Crippen LogP contribution in [0.3, 0.4) is 0 Å². The van der Waals surface area contributed by atoms with Gasteiger partial charge in [-0.15, -0.1) is 11.3 Å². The minimum Gasteiger partial charge on any atom is -0.393 e. The monoisotopic (exact) mass is 483 g/mol. The largest absolute Gasteiger partial charge is 0.393 e. The Bertz CT molecular complexity index is 1170. The molecule has 2 saturated heterocycles. The summed E-state index contributed by atoms with van der Waals surface area (Å²) >= 11 is 1.46. The van der Waals surface area contributed by atoms with Crippen molar-refractivity contribution in [3.05, 3.63) is 57.5 Å². The van der Waals surface area contributed by atoms with Gasteiger partial charge in [0.25, 0.3) is 5.91 Å². The van der Waals surface area contributed by atoms with E-state index in [1.807, 2.05) is 29.3 Å². The molecule has 0 spiro atoms. The zero-order valence-corrected chi connectivity index (χ0v) is 20.2. The maximum Gasteiger partial charge on any atom is 0.264 e. The van der Waals surface area contributed by atoms with Crippen molar-refractivity contribution in [3.8, 4) is 0 Å². The molecule has 6 nitrogen and oxygen atoms in total. The summed E-state index contributed by atoms with van der Waals surface area (Å²) in [4.78, 5) is 23.2. The van der Waals surface area contributed by atoms with Crippen molar-refractivity contribution in [1.29, 1.82) is 0 Å². The summed E-state index contributed by atoms with van der Waals surface area (Å²) in [6.45, 7) is 4.96. The van der Waals surface area contributed by atoms with Crippen LogP contribution in [0.2, 0.25) is 0 Å². The minimum atomic E-state index is -0.323. The first-order valence-electron chi connectivity index (χ1n) is 11.9. The first-order chi connectivity index (χ1) is 16.5. The summed E-state index contributed by atoms with van der Waals surface area (Å²) in [5, 5.41) is 12.8. The molecule has 2 aliphatic rings. The predicted molar refractivity (Wildman–Crippen MR) is 132 cm³/mol. The highest BCUT2D eigenvalue weighted by molar-refractivity contribution is 7.12.